The lowest BCUT2D eigenvalue weighted by Crippen LogP contribution is -2.24. The minimum Gasteiger partial charge on any atom is -0.340 e. The summed E-state index contributed by atoms with van der Waals surface area (Å²) in [6.07, 6.45) is 5.73. The molecule has 0 bridgehead atoms. The highest BCUT2D eigenvalue weighted by atomic mass is 79.9. The Morgan fingerprint density at radius 3 is 2.90 bits per heavy atom. The molecular formula is C14H12BrN3O2. The summed E-state index contributed by atoms with van der Waals surface area (Å²) >= 11 is 3.44. The molecule has 0 unspecified atom stereocenters. The highest BCUT2D eigenvalue weighted by Crippen LogP contribution is 2.38. The third-order valence-corrected chi connectivity index (χ3v) is 4.06. The van der Waals surface area contributed by atoms with Crippen molar-refractivity contribution in [1.29, 1.82) is 0 Å². The van der Waals surface area contributed by atoms with Crippen molar-refractivity contribution in [1.82, 2.24) is 4.98 Å². The van der Waals surface area contributed by atoms with E-state index in [9.17, 15) is 10.1 Å². The SMILES string of the molecule is O=[N+]([O-])c1ccc(N2CCCc3cnccc32)c(Br)c1. The molecule has 0 fully saturated rings. The van der Waals surface area contributed by atoms with Crippen molar-refractivity contribution >= 4 is 33.0 Å². The number of hydrogen-bond donors (Lipinski definition) is 0. The summed E-state index contributed by atoms with van der Waals surface area (Å²) in [6.45, 7) is 0.896. The number of nitro benzene ring substituents is 1. The summed E-state index contributed by atoms with van der Waals surface area (Å²) in [6, 6.07) is 6.86. The van der Waals surface area contributed by atoms with E-state index in [1.54, 1.807) is 18.3 Å². The number of nitro groups is 1. The topological polar surface area (TPSA) is 59.3 Å². The fourth-order valence-corrected chi connectivity index (χ4v) is 3.08. The first-order valence-corrected chi connectivity index (χ1v) is 7.10. The quantitative estimate of drug-likeness (QED) is 0.618. The fourth-order valence-electron chi connectivity index (χ4n) is 2.50. The van der Waals surface area contributed by atoms with Gasteiger partial charge in [0.25, 0.3) is 5.69 Å². The summed E-state index contributed by atoms with van der Waals surface area (Å²) in [5.41, 5.74) is 3.38. The van der Waals surface area contributed by atoms with Gasteiger partial charge < -0.3 is 4.90 Å². The molecule has 0 saturated carbocycles. The number of aromatic nitrogens is 1. The van der Waals surface area contributed by atoms with Crippen molar-refractivity contribution in [3.05, 3.63) is 56.8 Å². The van der Waals surface area contributed by atoms with Gasteiger partial charge >= 0.3 is 0 Å². The average molecular weight is 334 g/mol. The summed E-state index contributed by atoms with van der Waals surface area (Å²) in [7, 11) is 0. The molecule has 5 nitrogen and oxygen atoms in total. The molecule has 0 radical (unpaired) electrons. The lowest BCUT2D eigenvalue weighted by Gasteiger charge is -2.31. The normalized spacial score (nSPS) is 13.9. The molecule has 6 heteroatoms. The van der Waals surface area contributed by atoms with Gasteiger partial charge in [0.1, 0.15) is 0 Å². The van der Waals surface area contributed by atoms with Crippen LogP contribution in [0.15, 0.2) is 41.1 Å². The molecule has 1 aliphatic heterocycles. The van der Waals surface area contributed by atoms with Gasteiger partial charge in [-0.15, -0.1) is 0 Å². The Morgan fingerprint density at radius 2 is 2.15 bits per heavy atom. The molecule has 1 aromatic heterocycles. The van der Waals surface area contributed by atoms with E-state index in [1.807, 2.05) is 12.3 Å². The first-order chi connectivity index (χ1) is 9.66. The third kappa shape index (κ3) is 2.27. The molecule has 1 aliphatic rings. The van der Waals surface area contributed by atoms with E-state index < -0.39 is 0 Å². The number of fused-ring (bicyclic) bond motifs is 1. The second-order valence-electron chi connectivity index (χ2n) is 4.65. The molecule has 1 aromatic carbocycles. The van der Waals surface area contributed by atoms with Gasteiger partial charge in [-0.1, -0.05) is 0 Å². The lowest BCUT2D eigenvalue weighted by atomic mass is 10.0. The van der Waals surface area contributed by atoms with Crippen molar-refractivity contribution in [3.63, 3.8) is 0 Å². The van der Waals surface area contributed by atoms with Crippen LogP contribution in [0.5, 0.6) is 0 Å². The van der Waals surface area contributed by atoms with Gasteiger partial charge in [0, 0.05) is 41.2 Å². The number of pyridine rings is 1. The van der Waals surface area contributed by atoms with E-state index in [-0.39, 0.29) is 10.6 Å². The maximum Gasteiger partial charge on any atom is 0.270 e. The van der Waals surface area contributed by atoms with E-state index in [0.717, 1.165) is 35.2 Å². The molecule has 0 amide bonds. The first kappa shape index (κ1) is 13.1. The Bertz CT molecular complexity index is 675. The number of nitrogens with zero attached hydrogens (tertiary/aromatic N) is 3. The first-order valence-electron chi connectivity index (χ1n) is 6.31. The van der Waals surface area contributed by atoms with Crippen LogP contribution in [-0.2, 0) is 6.42 Å². The van der Waals surface area contributed by atoms with E-state index in [0.29, 0.717) is 0 Å². The lowest BCUT2D eigenvalue weighted by molar-refractivity contribution is -0.384. The van der Waals surface area contributed by atoms with Crippen LogP contribution in [0.1, 0.15) is 12.0 Å². The molecule has 0 spiro atoms. The molecule has 2 heterocycles. The van der Waals surface area contributed by atoms with E-state index in [4.69, 9.17) is 0 Å². The zero-order chi connectivity index (χ0) is 14.1. The van der Waals surface area contributed by atoms with Crippen molar-refractivity contribution in [2.45, 2.75) is 12.8 Å². The Kier molecular flexibility index (Phi) is 3.40. The van der Waals surface area contributed by atoms with Gasteiger partial charge in [0.2, 0.25) is 0 Å². The molecule has 3 rings (SSSR count). The van der Waals surface area contributed by atoms with Crippen LogP contribution in [0.4, 0.5) is 17.1 Å². The molecule has 20 heavy (non-hydrogen) atoms. The summed E-state index contributed by atoms with van der Waals surface area (Å²) in [4.78, 5) is 16.7. The maximum atomic E-state index is 10.8. The van der Waals surface area contributed by atoms with Crippen LogP contribution < -0.4 is 4.90 Å². The third-order valence-electron chi connectivity index (χ3n) is 3.43. The Labute approximate surface area is 124 Å². The Balaban J connectivity index is 2.04. The van der Waals surface area contributed by atoms with E-state index in [2.05, 4.69) is 25.8 Å². The zero-order valence-electron chi connectivity index (χ0n) is 10.6. The van der Waals surface area contributed by atoms with Crippen molar-refractivity contribution in [2.24, 2.45) is 0 Å². The summed E-state index contributed by atoms with van der Waals surface area (Å²) in [5.74, 6) is 0. The Hall–Kier alpha value is -1.95. The number of benzene rings is 1. The van der Waals surface area contributed by atoms with Gasteiger partial charge in [0.05, 0.1) is 10.6 Å². The summed E-state index contributed by atoms with van der Waals surface area (Å²) < 4.78 is 0.733. The van der Waals surface area contributed by atoms with Crippen LogP contribution >= 0.6 is 15.9 Å². The van der Waals surface area contributed by atoms with Crippen molar-refractivity contribution in [2.75, 3.05) is 11.4 Å². The molecular weight excluding hydrogens is 322 g/mol. The maximum absolute atomic E-state index is 10.8. The number of non-ortho nitro benzene ring substituents is 1. The molecule has 102 valence electrons. The minimum atomic E-state index is -0.386. The van der Waals surface area contributed by atoms with Gasteiger partial charge in [-0.2, -0.15) is 0 Å². The van der Waals surface area contributed by atoms with Crippen LogP contribution in [0.25, 0.3) is 0 Å². The van der Waals surface area contributed by atoms with Crippen LogP contribution in [0.3, 0.4) is 0 Å². The molecule has 0 N–H and O–H groups in total. The number of rotatable bonds is 2. The second kappa shape index (κ2) is 5.20. The zero-order valence-corrected chi connectivity index (χ0v) is 12.2. The van der Waals surface area contributed by atoms with E-state index in [1.165, 1.54) is 11.6 Å². The number of aryl methyl sites for hydroxylation is 1. The van der Waals surface area contributed by atoms with Crippen LogP contribution in [0.2, 0.25) is 0 Å². The van der Waals surface area contributed by atoms with Crippen LogP contribution in [0, 0.1) is 10.1 Å². The monoisotopic (exact) mass is 333 g/mol. The summed E-state index contributed by atoms with van der Waals surface area (Å²) in [5, 5.41) is 10.8. The van der Waals surface area contributed by atoms with Gasteiger partial charge in [0.15, 0.2) is 0 Å². The molecule has 2 aromatic rings. The predicted octanol–water partition coefficient (Wildman–Crippen LogP) is 3.84. The highest BCUT2D eigenvalue weighted by molar-refractivity contribution is 9.10. The van der Waals surface area contributed by atoms with Crippen molar-refractivity contribution < 1.29 is 4.92 Å². The smallest absolute Gasteiger partial charge is 0.270 e. The molecule has 0 saturated heterocycles. The van der Waals surface area contributed by atoms with E-state index >= 15 is 0 Å². The molecule has 0 aliphatic carbocycles. The van der Waals surface area contributed by atoms with Crippen LogP contribution in [-0.4, -0.2) is 16.5 Å². The standard InChI is InChI=1S/C14H12BrN3O2/c15-12-8-11(18(19)20)3-4-14(12)17-7-1-2-10-9-16-6-5-13(10)17/h3-6,8-9H,1-2,7H2. The number of hydrogen-bond acceptors (Lipinski definition) is 4. The van der Waals surface area contributed by atoms with Gasteiger partial charge in [-0.25, -0.2) is 0 Å². The predicted molar refractivity (Wildman–Crippen MR) is 80.4 cm³/mol. The fraction of sp³-hybridized carbons (Fsp3) is 0.214. The Morgan fingerprint density at radius 1 is 1.30 bits per heavy atom. The average Bonchev–Trinajstić information content (AvgIpc) is 2.46. The minimum absolute atomic E-state index is 0.0904. The molecule has 0 atom stereocenters. The number of halogens is 1. The highest BCUT2D eigenvalue weighted by Gasteiger charge is 2.21. The number of anilines is 2. The van der Waals surface area contributed by atoms with Gasteiger partial charge in [-0.3, -0.25) is 15.1 Å². The van der Waals surface area contributed by atoms with Crippen molar-refractivity contribution in [3.8, 4) is 0 Å². The van der Waals surface area contributed by atoms with Gasteiger partial charge in [-0.05, 0) is 46.5 Å². The second-order valence-corrected chi connectivity index (χ2v) is 5.51. The largest absolute Gasteiger partial charge is 0.340 e.